The highest BCUT2D eigenvalue weighted by molar-refractivity contribution is 6.05. The lowest BCUT2D eigenvalue weighted by atomic mass is 10.2. The molecule has 0 radical (unpaired) electrons. The van der Waals surface area contributed by atoms with Crippen molar-refractivity contribution in [2.75, 3.05) is 16.8 Å². The molecule has 1 saturated heterocycles. The molecular weight excluding hydrogens is 328 g/mol. The molecule has 6 heteroatoms. The van der Waals surface area contributed by atoms with Gasteiger partial charge in [0, 0.05) is 42.3 Å². The summed E-state index contributed by atoms with van der Waals surface area (Å²) in [6.45, 7) is 0.727. The monoisotopic (exact) mass is 346 g/mol. The first-order valence-corrected chi connectivity index (χ1v) is 8.52. The third-order valence-electron chi connectivity index (χ3n) is 4.39. The zero-order valence-electron chi connectivity index (χ0n) is 14.1. The number of aromatic nitrogens is 2. The number of nitrogens with zero attached hydrogens (tertiary/aromatic N) is 3. The lowest BCUT2D eigenvalue weighted by molar-refractivity contribution is -0.117. The van der Waals surface area contributed by atoms with Gasteiger partial charge in [0.05, 0.1) is 5.69 Å². The fourth-order valence-corrected chi connectivity index (χ4v) is 3.06. The first kappa shape index (κ1) is 16.1. The van der Waals surface area contributed by atoms with Gasteiger partial charge in [-0.05, 0) is 55.0 Å². The van der Waals surface area contributed by atoms with Gasteiger partial charge in [-0.1, -0.05) is 6.07 Å². The van der Waals surface area contributed by atoms with E-state index in [1.807, 2.05) is 48.7 Å². The van der Waals surface area contributed by atoms with Crippen LogP contribution in [0.15, 0.2) is 67.0 Å². The number of carbonyl (C=O) groups excluding carboxylic acids is 2. The first-order chi connectivity index (χ1) is 12.7. The molecule has 3 aromatic rings. The summed E-state index contributed by atoms with van der Waals surface area (Å²) >= 11 is 0. The van der Waals surface area contributed by atoms with E-state index in [1.54, 1.807) is 27.9 Å². The van der Waals surface area contributed by atoms with E-state index in [4.69, 9.17) is 0 Å². The van der Waals surface area contributed by atoms with Crippen LogP contribution in [0.25, 0.3) is 5.69 Å². The standard InChI is InChI=1S/C20H18N4O2/c25-19-6-2-12-23(19)18-5-1-4-16(14-18)22-20(26)15-7-9-17(10-8-15)24-13-3-11-21-24/h1,3-5,7-11,13-14H,2,6,12H2,(H,22,26). The van der Waals surface area contributed by atoms with E-state index in [-0.39, 0.29) is 11.8 Å². The van der Waals surface area contributed by atoms with E-state index in [9.17, 15) is 9.59 Å². The largest absolute Gasteiger partial charge is 0.322 e. The van der Waals surface area contributed by atoms with Gasteiger partial charge in [0.1, 0.15) is 0 Å². The number of benzene rings is 2. The van der Waals surface area contributed by atoms with Crippen molar-refractivity contribution in [3.05, 3.63) is 72.6 Å². The third-order valence-corrected chi connectivity index (χ3v) is 4.39. The van der Waals surface area contributed by atoms with Gasteiger partial charge in [-0.2, -0.15) is 5.10 Å². The fraction of sp³-hybridized carbons (Fsp3) is 0.150. The number of amides is 2. The van der Waals surface area contributed by atoms with Crippen molar-refractivity contribution >= 4 is 23.2 Å². The Labute approximate surface area is 151 Å². The van der Waals surface area contributed by atoms with Gasteiger partial charge < -0.3 is 10.2 Å². The van der Waals surface area contributed by atoms with Crippen molar-refractivity contribution in [2.45, 2.75) is 12.8 Å². The third kappa shape index (κ3) is 3.21. The Morgan fingerprint density at radius 3 is 2.58 bits per heavy atom. The van der Waals surface area contributed by atoms with E-state index in [1.165, 1.54) is 0 Å². The van der Waals surface area contributed by atoms with Crippen molar-refractivity contribution in [3.8, 4) is 5.69 Å². The van der Waals surface area contributed by atoms with Crippen molar-refractivity contribution in [3.63, 3.8) is 0 Å². The molecule has 2 heterocycles. The molecule has 0 spiro atoms. The molecule has 0 bridgehead atoms. The Balaban J connectivity index is 1.49. The normalized spacial score (nSPS) is 13.8. The van der Waals surface area contributed by atoms with Gasteiger partial charge in [-0.3, -0.25) is 9.59 Å². The molecule has 4 rings (SSSR count). The maximum Gasteiger partial charge on any atom is 0.255 e. The minimum atomic E-state index is -0.193. The van der Waals surface area contributed by atoms with Crippen LogP contribution in [0.4, 0.5) is 11.4 Å². The van der Waals surface area contributed by atoms with Crippen molar-refractivity contribution in [1.82, 2.24) is 9.78 Å². The highest BCUT2D eigenvalue weighted by Gasteiger charge is 2.21. The minimum absolute atomic E-state index is 0.127. The summed E-state index contributed by atoms with van der Waals surface area (Å²) < 4.78 is 1.73. The van der Waals surface area contributed by atoms with Crippen LogP contribution in [0.3, 0.4) is 0 Å². The highest BCUT2D eigenvalue weighted by atomic mass is 16.2. The van der Waals surface area contributed by atoms with Crippen LogP contribution >= 0.6 is 0 Å². The number of hydrogen-bond acceptors (Lipinski definition) is 3. The molecule has 130 valence electrons. The molecule has 1 aromatic heterocycles. The highest BCUT2D eigenvalue weighted by Crippen LogP contribution is 2.24. The minimum Gasteiger partial charge on any atom is -0.322 e. The van der Waals surface area contributed by atoms with Gasteiger partial charge in [-0.25, -0.2) is 4.68 Å². The summed E-state index contributed by atoms with van der Waals surface area (Å²) in [7, 11) is 0. The molecule has 0 aliphatic carbocycles. The molecule has 0 atom stereocenters. The van der Waals surface area contributed by atoms with Gasteiger partial charge in [0.2, 0.25) is 5.91 Å². The second-order valence-electron chi connectivity index (χ2n) is 6.15. The maximum absolute atomic E-state index is 12.5. The van der Waals surface area contributed by atoms with Crippen LogP contribution in [0.2, 0.25) is 0 Å². The average Bonchev–Trinajstić information content (AvgIpc) is 3.34. The summed E-state index contributed by atoms with van der Waals surface area (Å²) in [4.78, 5) is 26.1. The molecule has 1 aliphatic heterocycles. The fourth-order valence-electron chi connectivity index (χ4n) is 3.06. The molecule has 2 amide bonds. The SMILES string of the molecule is O=C(Nc1cccc(N2CCCC2=O)c1)c1ccc(-n2cccn2)cc1. The smallest absolute Gasteiger partial charge is 0.255 e. The molecule has 0 unspecified atom stereocenters. The Morgan fingerprint density at radius 1 is 1.04 bits per heavy atom. The molecule has 1 aliphatic rings. The van der Waals surface area contributed by atoms with Crippen LogP contribution in [0.5, 0.6) is 0 Å². The zero-order chi connectivity index (χ0) is 17.9. The number of anilines is 2. The lowest BCUT2D eigenvalue weighted by Gasteiger charge is -2.16. The number of nitrogens with one attached hydrogen (secondary N) is 1. The van der Waals surface area contributed by atoms with Crippen LogP contribution in [0.1, 0.15) is 23.2 Å². The molecule has 0 saturated carbocycles. The van der Waals surface area contributed by atoms with Gasteiger partial charge in [0.25, 0.3) is 5.91 Å². The van der Waals surface area contributed by atoms with E-state index in [0.29, 0.717) is 17.7 Å². The Morgan fingerprint density at radius 2 is 1.88 bits per heavy atom. The zero-order valence-corrected chi connectivity index (χ0v) is 14.1. The molecule has 2 aromatic carbocycles. The Bertz CT molecular complexity index is 933. The quantitative estimate of drug-likeness (QED) is 0.788. The van der Waals surface area contributed by atoms with Crippen LogP contribution in [-0.4, -0.2) is 28.1 Å². The Hall–Kier alpha value is -3.41. The topological polar surface area (TPSA) is 67.2 Å². The van der Waals surface area contributed by atoms with E-state index >= 15 is 0 Å². The molecule has 1 fully saturated rings. The maximum atomic E-state index is 12.5. The van der Waals surface area contributed by atoms with Gasteiger partial charge >= 0.3 is 0 Å². The lowest BCUT2D eigenvalue weighted by Crippen LogP contribution is -2.23. The van der Waals surface area contributed by atoms with Crippen LogP contribution in [0, 0.1) is 0 Å². The second-order valence-corrected chi connectivity index (χ2v) is 6.15. The summed E-state index contributed by atoms with van der Waals surface area (Å²) in [5.74, 6) is -0.0652. The van der Waals surface area contributed by atoms with Crippen molar-refractivity contribution in [2.24, 2.45) is 0 Å². The summed E-state index contributed by atoms with van der Waals surface area (Å²) in [5.41, 5.74) is 2.94. The van der Waals surface area contributed by atoms with Gasteiger partial charge in [-0.15, -0.1) is 0 Å². The van der Waals surface area contributed by atoms with Crippen LogP contribution < -0.4 is 10.2 Å². The summed E-state index contributed by atoms with van der Waals surface area (Å²) in [6, 6.07) is 16.5. The predicted octanol–water partition coefficient (Wildman–Crippen LogP) is 3.25. The Kier molecular flexibility index (Phi) is 4.23. The summed E-state index contributed by atoms with van der Waals surface area (Å²) in [5, 5.41) is 7.06. The number of hydrogen-bond donors (Lipinski definition) is 1. The molecule has 6 nitrogen and oxygen atoms in total. The van der Waals surface area contributed by atoms with Crippen molar-refractivity contribution < 1.29 is 9.59 Å². The van der Waals surface area contributed by atoms with E-state index in [2.05, 4.69) is 10.4 Å². The molecule has 1 N–H and O–H groups in total. The molecular formula is C20H18N4O2. The van der Waals surface area contributed by atoms with Gasteiger partial charge in [0.15, 0.2) is 0 Å². The molecule has 26 heavy (non-hydrogen) atoms. The van der Waals surface area contributed by atoms with Crippen molar-refractivity contribution in [1.29, 1.82) is 0 Å². The predicted molar refractivity (Wildman–Crippen MR) is 99.5 cm³/mol. The number of rotatable bonds is 4. The van der Waals surface area contributed by atoms with E-state index in [0.717, 1.165) is 24.3 Å². The first-order valence-electron chi connectivity index (χ1n) is 8.52. The summed E-state index contributed by atoms with van der Waals surface area (Å²) in [6.07, 6.45) is 5.01. The van der Waals surface area contributed by atoms with Crippen LogP contribution in [-0.2, 0) is 4.79 Å². The number of carbonyl (C=O) groups is 2. The average molecular weight is 346 g/mol. The van der Waals surface area contributed by atoms with E-state index < -0.39 is 0 Å². The second kappa shape index (κ2) is 6.84.